The third-order valence-corrected chi connectivity index (χ3v) is 6.22. The van der Waals surface area contributed by atoms with Crippen LogP contribution in [0.25, 0.3) is 0 Å². The van der Waals surface area contributed by atoms with E-state index < -0.39 is 6.04 Å². The number of nitrogens with one attached hydrogen (secondary N) is 2. The van der Waals surface area contributed by atoms with Gasteiger partial charge in [0.15, 0.2) is 0 Å². The van der Waals surface area contributed by atoms with Gasteiger partial charge >= 0.3 is 0 Å². The van der Waals surface area contributed by atoms with Gasteiger partial charge in [0.05, 0.1) is 0 Å². The molecule has 0 saturated carbocycles. The highest BCUT2D eigenvalue weighted by Crippen LogP contribution is 2.20. The van der Waals surface area contributed by atoms with Gasteiger partial charge in [0.2, 0.25) is 5.91 Å². The van der Waals surface area contributed by atoms with Gasteiger partial charge in [0.25, 0.3) is 5.91 Å². The highest BCUT2D eigenvalue weighted by molar-refractivity contribution is 6.30. The summed E-state index contributed by atoms with van der Waals surface area (Å²) < 4.78 is 0. The molecule has 7 heteroatoms. The number of rotatable bonds is 7. The van der Waals surface area contributed by atoms with Crippen molar-refractivity contribution >= 4 is 34.8 Å². The zero-order valence-corrected chi connectivity index (χ0v) is 20.0. The fourth-order valence-electron chi connectivity index (χ4n) is 3.96. The molecule has 1 atom stereocenters. The number of nitrogens with zero attached hydrogens (tertiary/aromatic N) is 2. The van der Waals surface area contributed by atoms with Gasteiger partial charge in [-0.3, -0.25) is 14.5 Å². The molecule has 2 amide bonds. The normalized spacial score (nSPS) is 14.9. The quantitative estimate of drug-likeness (QED) is 0.530. The van der Waals surface area contributed by atoms with Gasteiger partial charge in [-0.05, 0) is 61.0 Å². The first kappa shape index (κ1) is 23.8. The molecule has 176 valence electrons. The first-order chi connectivity index (χ1) is 16.5. The van der Waals surface area contributed by atoms with Crippen LogP contribution in [-0.2, 0) is 11.3 Å². The van der Waals surface area contributed by atoms with Crippen molar-refractivity contribution in [2.24, 2.45) is 0 Å². The van der Waals surface area contributed by atoms with Gasteiger partial charge in [0.1, 0.15) is 6.04 Å². The molecule has 0 spiro atoms. The van der Waals surface area contributed by atoms with E-state index in [9.17, 15) is 9.59 Å². The summed E-state index contributed by atoms with van der Waals surface area (Å²) in [6.07, 6.45) is 0. The number of carbonyl (C=O) groups is 2. The van der Waals surface area contributed by atoms with Crippen LogP contribution in [0.4, 0.5) is 11.4 Å². The van der Waals surface area contributed by atoms with Crippen LogP contribution in [-0.4, -0.2) is 48.9 Å². The van der Waals surface area contributed by atoms with Crippen molar-refractivity contribution in [3.63, 3.8) is 0 Å². The molecule has 1 aliphatic rings. The van der Waals surface area contributed by atoms with E-state index in [1.165, 1.54) is 5.56 Å². The van der Waals surface area contributed by atoms with Crippen molar-refractivity contribution in [1.29, 1.82) is 0 Å². The Balaban J connectivity index is 1.25. The van der Waals surface area contributed by atoms with Gasteiger partial charge in [0, 0.05) is 54.7 Å². The SMILES string of the molecule is C[C@H](NC(=O)c1ccc(Cl)cc1)C(=O)Nc1ccc(N2CCN(Cc3ccccc3)CC2)cc1. The number of halogens is 1. The zero-order chi connectivity index (χ0) is 23.9. The van der Waals surface area contributed by atoms with Crippen molar-refractivity contribution < 1.29 is 9.59 Å². The lowest BCUT2D eigenvalue weighted by molar-refractivity contribution is -0.117. The fraction of sp³-hybridized carbons (Fsp3) is 0.259. The van der Waals surface area contributed by atoms with Gasteiger partial charge in [-0.25, -0.2) is 0 Å². The van der Waals surface area contributed by atoms with Crippen LogP contribution in [0.1, 0.15) is 22.8 Å². The molecule has 1 aliphatic heterocycles. The monoisotopic (exact) mass is 476 g/mol. The minimum Gasteiger partial charge on any atom is -0.369 e. The van der Waals surface area contributed by atoms with Crippen LogP contribution in [0.5, 0.6) is 0 Å². The molecule has 2 N–H and O–H groups in total. The standard InChI is InChI=1S/C27H29ClN4O2/c1-20(29-27(34)22-7-9-23(28)10-8-22)26(33)30-24-11-13-25(14-12-24)32-17-15-31(16-18-32)19-21-5-3-2-4-6-21/h2-14,20H,15-19H2,1H3,(H,29,34)(H,30,33)/t20-/m0/s1. The Morgan fingerprint density at radius 1 is 0.882 bits per heavy atom. The van der Waals surface area contributed by atoms with Crippen molar-refractivity contribution in [2.75, 3.05) is 36.4 Å². The molecule has 1 saturated heterocycles. The van der Waals surface area contributed by atoms with Crippen LogP contribution in [0, 0.1) is 0 Å². The molecule has 6 nitrogen and oxygen atoms in total. The Kier molecular flexibility index (Phi) is 7.83. The number of hydrogen-bond acceptors (Lipinski definition) is 4. The molecular formula is C27H29ClN4O2. The van der Waals surface area contributed by atoms with Crippen molar-refractivity contribution in [1.82, 2.24) is 10.2 Å². The van der Waals surface area contributed by atoms with Gasteiger partial charge in [-0.1, -0.05) is 41.9 Å². The van der Waals surface area contributed by atoms with Crippen molar-refractivity contribution in [3.05, 3.63) is 95.0 Å². The Morgan fingerprint density at radius 2 is 1.53 bits per heavy atom. The molecule has 4 rings (SSSR count). The molecule has 0 bridgehead atoms. The number of hydrogen-bond donors (Lipinski definition) is 2. The van der Waals surface area contributed by atoms with E-state index in [1.807, 2.05) is 30.3 Å². The maximum absolute atomic E-state index is 12.5. The van der Waals surface area contributed by atoms with E-state index in [-0.39, 0.29) is 11.8 Å². The van der Waals surface area contributed by atoms with Crippen LogP contribution < -0.4 is 15.5 Å². The molecule has 1 fully saturated rings. The summed E-state index contributed by atoms with van der Waals surface area (Å²) in [5.41, 5.74) is 3.64. The number of piperazine rings is 1. The highest BCUT2D eigenvalue weighted by atomic mass is 35.5. The summed E-state index contributed by atoms with van der Waals surface area (Å²) in [7, 11) is 0. The Labute approximate surface area is 205 Å². The molecule has 0 radical (unpaired) electrons. The van der Waals surface area contributed by atoms with E-state index in [4.69, 9.17) is 11.6 Å². The van der Waals surface area contributed by atoms with Gasteiger partial charge in [-0.15, -0.1) is 0 Å². The second-order valence-electron chi connectivity index (χ2n) is 8.49. The third kappa shape index (κ3) is 6.37. The number of anilines is 2. The second kappa shape index (κ2) is 11.2. The zero-order valence-electron chi connectivity index (χ0n) is 19.2. The average molecular weight is 477 g/mol. The lowest BCUT2D eigenvalue weighted by Gasteiger charge is -2.36. The maximum atomic E-state index is 12.5. The number of amides is 2. The van der Waals surface area contributed by atoms with E-state index in [0.717, 1.165) is 38.4 Å². The lowest BCUT2D eigenvalue weighted by Crippen LogP contribution is -2.45. The van der Waals surface area contributed by atoms with E-state index in [0.29, 0.717) is 16.3 Å². The highest BCUT2D eigenvalue weighted by Gasteiger charge is 2.19. The van der Waals surface area contributed by atoms with E-state index >= 15 is 0 Å². The van der Waals surface area contributed by atoms with Gasteiger partial charge in [-0.2, -0.15) is 0 Å². The van der Waals surface area contributed by atoms with Crippen LogP contribution in [0.3, 0.4) is 0 Å². The van der Waals surface area contributed by atoms with Crippen LogP contribution >= 0.6 is 11.6 Å². The Bertz CT molecular complexity index is 1100. The van der Waals surface area contributed by atoms with E-state index in [2.05, 4.69) is 44.7 Å². The summed E-state index contributed by atoms with van der Waals surface area (Å²) in [5, 5.41) is 6.14. The predicted molar refractivity (Wildman–Crippen MR) is 137 cm³/mol. The first-order valence-electron chi connectivity index (χ1n) is 11.5. The molecule has 1 heterocycles. The largest absolute Gasteiger partial charge is 0.369 e. The predicted octanol–water partition coefficient (Wildman–Crippen LogP) is 4.42. The number of carbonyl (C=O) groups excluding carboxylic acids is 2. The summed E-state index contributed by atoms with van der Waals surface area (Å²) in [6, 6.07) is 24.3. The molecule has 34 heavy (non-hydrogen) atoms. The first-order valence-corrected chi connectivity index (χ1v) is 11.8. The van der Waals surface area contributed by atoms with Crippen LogP contribution in [0.15, 0.2) is 78.9 Å². The minimum atomic E-state index is -0.680. The molecule has 3 aromatic carbocycles. The average Bonchev–Trinajstić information content (AvgIpc) is 2.86. The topological polar surface area (TPSA) is 64.7 Å². The summed E-state index contributed by atoms with van der Waals surface area (Å²) in [4.78, 5) is 29.7. The van der Waals surface area contributed by atoms with E-state index in [1.54, 1.807) is 31.2 Å². The third-order valence-electron chi connectivity index (χ3n) is 5.97. The van der Waals surface area contributed by atoms with Crippen molar-refractivity contribution in [2.45, 2.75) is 19.5 Å². The molecule has 0 aromatic heterocycles. The van der Waals surface area contributed by atoms with Crippen molar-refractivity contribution in [3.8, 4) is 0 Å². The molecular weight excluding hydrogens is 448 g/mol. The van der Waals surface area contributed by atoms with Gasteiger partial charge < -0.3 is 15.5 Å². The molecule has 0 unspecified atom stereocenters. The molecule has 0 aliphatic carbocycles. The second-order valence-corrected chi connectivity index (χ2v) is 8.92. The smallest absolute Gasteiger partial charge is 0.251 e. The Morgan fingerprint density at radius 3 is 2.18 bits per heavy atom. The summed E-state index contributed by atoms with van der Waals surface area (Å²) >= 11 is 5.86. The van der Waals surface area contributed by atoms with Crippen LogP contribution in [0.2, 0.25) is 5.02 Å². The fourth-order valence-corrected chi connectivity index (χ4v) is 4.08. The Hall–Kier alpha value is -3.35. The minimum absolute atomic E-state index is 0.274. The maximum Gasteiger partial charge on any atom is 0.251 e. The molecule has 3 aromatic rings. The summed E-state index contributed by atoms with van der Waals surface area (Å²) in [6.45, 7) is 6.59. The summed E-state index contributed by atoms with van der Waals surface area (Å²) in [5.74, 6) is -0.592. The lowest BCUT2D eigenvalue weighted by atomic mass is 10.2. The number of benzene rings is 3.